The molecule has 0 aliphatic heterocycles. The molecule has 210 valence electrons. The Morgan fingerprint density at radius 3 is 1.87 bits per heavy atom. The molecule has 1 N–H and O–H groups in total. The molecular formula is C30H39N3O5S. The van der Waals surface area contributed by atoms with Crippen LogP contribution in [0, 0.1) is 10.1 Å². The molecule has 0 fully saturated rings. The second kappa shape index (κ2) is 16.3. The highest BCUT2D eigenvalue weighted by Crippen LogP contribution is 2.29. The molecule has 3 rings (SSSR count). The maximum absolute atomic E-state index is 13.3. The van der Waals surface area contributed by atoms with Crippen molar-refractivity contribution >= 4 is 27.4 Å². The molecule has 0 spiro atoms. The van der Waals surface area contributed by atoms with Crippen LogP contribution in [0.4, 0.5) is 5.69 Å². The molecule has 0 heterocycles. The molecule has 8 nitrogen and oxygen atoms in total. The Balaban J connectivity index is 0.00000124. The summed E-state index contributed by atoms with van der Waals surface area (Å²) in [5.41, 5.74) is 5.13. The Bertz CT molecular complexity index is 1260. The van der Waals surface area contributed by atoms with Crippen LogP contribution >= 0.6 is 0 Å². The molecule has 0 amide bonds. The Morgan fingerprint density at radius 2 is 1.36 bits per heavy atom. The molecule has 0 aliphatic rings. The van der Waals surface area contributed by atoms with E-state index in [4.69, 9.17) is 15.3 Å². The smallest absolute Gasteiger partial charge is 0.291 e. The van der Waals surface area contributed by atoms with Gasteiger partial charge in [0.25, 0.3) is 5.09 Å². The maximum atomic E-state index is 13.3. The molecule has 0 atom stereocenters. The number of hydrogen-bond acceptors (Lipinski definition) is 5. The second-order valence-corrected chi connectivity index (χ2v) is 10.9. The van der Waals surface area contributed by atoms with Crippen molar-refractivity contribution in [2.45, 2.75) is 33.6 Å². The highest BCUT2D eigenvalue weighted by molar-refractivity contribution is 7.92. The minimum absolute atomic E-state index is 0.173. The molecule has 3 aromatic rings. The third-order valence-corrected chi connectivity index (χ3v) is 8.14. The molecular weight excluding hydrogens is 514 g/mol. The first-order valence-electron chi connectivity index (χ1n) is 13.2. The van der Waals surface area contributed by atoms with Gasteiger partial charge in [0.05, 0.1) is 11.4 Å². The lowest BCUT2D eigenvalue weighted by atomic mass is 9.95. The zero-order chi connectivity index (χ0) is 28.7. The van der Waals surface area contributed by atoms with Crippen LogP contribution in [-0.4, -0.2) is 55.5 Å². The third kappa shape index (κ3) is 10.5. The normalized spacial score (nSPS) is 11.5. The van der Waals surface area contributed by atoms with E-state index in [1.807, 2.05) is 67.6 Å². The van der Waals surface area contributed by atoms with Crippen molar-refractivity contribution < 1.29 is 18.7 Å². The molecule has 0 radical (unpaired) electrons. The van der Waals surface area contributed by atoms with E-state index in [9.17, 15) is 8.42 Å². The van der Waals surface area contributed by atoms with E-state index < -0.39 is 15.1 Å². The summed E-state index contributed by atoms with van der Waals surface area (Å²) in [6, 6.07) is 28.5. The lowest BCUT2D eigenvalue weighted by molar-refractivity contribution is -0.742. The maximum Gasteiger partial charge on any atom is 0.291 e. The first kappa shape index (κ1) is 31.5. The lowest BCUT2D eigenvalue weighted by Crippen LogP contribution is -2.40. The number of nitrogens with zero attached hydrogens (tertiary/aromatic N) is 3. The van der Waals surface area contributed by atoms with Gasteiger partial charge in [0.15, 0.2) is 0 Å². The van der Waals surface area contributed by atoms with Gasteiger partial charge in [-0.25, -0.2) is 8.42 Å². The minimum atomic E-state index is -3.39. The highest BCUT2D eigenvalue weighted by atomic mass is 32.2. The number of benzene rings is 3. The molecule has 9 heteroatoms. The SMILES string of the molecule is CCCCS(=O)(=O)N(CCN(CC)CC)c1ccc(C(=Cc2ccccc2)c2ccccc2)cc1.O=[N+]([O-])O. The molecule has 0 saturated heterocycles. The van der Waals surface area contributed by atoms with Crippen molar-refractivity contribution in [1.29, 1.82) is 0 Å². The molecule has 39 heavy (non-hydrogen) atoms. The number of hydrogen-bond donors (Lipinski definition) is 1. The average molecular weight is 554 g/mol. The summed E-state index contributed by atoms with van der Waals surface area (Å²) in [5.74, 6) is 0.173. The summed E-state index contributed by atoms with van der Waals surface area (Å²) in [6.45, 7) is 9.22. The van der Waals surface area contributed by atoms with Gasteiger partial charge in [0, 0.05) is 13.1 Å². The molecule has 0 saturated carbocycles. The van der Waals surface area contributed by atoms with Crippen molar-refractivity contribution in [3.8, 4) is 0 Å². The third-order valence-electron chi connectivity index (χ3n) is 6.27. The van der Waals surface area contributed by atoms with Crippen molar-refractivity contribution in [2.24, 2.45) is 0 Å². The topological polar surface area (TPSA) is 104 Å². The van der Waals surface area contributed by atoms with E-state index in [0.717, 1.165) is 47.5 Å². The van der Waals surface area contributed by atoms with Crippen LogP contribution in [-0.2, 0) is 10.0 Å². The molecule has 0 unspecified atom stereocenters. The zero-order valence-corrected chi connectivity index (χ0v) is 23.8. The Kier molecular flexibility index (Phi) is 13.2. The van der Waals surface area contributed by atoms with Crippen molar-refractivity contribution in [1.82, 2.24) is 4.90 Å². The van der Waals surface area contributed by atoms with Crippen molar-refractivity contribution in [3.05, 3.63) is 112 Å². The van der Waals surface area contributed by atoms with E-state index >= 15 is 0 Å². The van der Waals surface area contributed by atoms with Crippen LogP contribution in [0.15, 0.2) is 84.9 Å². The highest BCUT2D eigenvalue weighted by Gasteiger charge is 2.22. The van der Waals surface area contributed by atoms with E-state index in [1.165, 1.54) is 0 Å². The van der Waals surface area contributed by atoms with Gasteiger partial charge < -0.3 is 10.1 Å². The van der Waals surface area contributed by atoms with E-state index in [1.54, 1.807) is 4.31 Å². The number of anilines is 1. The predicted octanol–water partition coefficient (Wildman–Crippen LogP) is 6.21. The van der Waals surface area contributed by atoms with Gasteiger partial charge in [-0.05, 0) is 60.0 Å². The van der Waals surface area contributed by atoms with E-state index in [-0.39, 0.29) is 5.75 Å². The number of unbranched alkanes of at least 4 members (excludes halogenated alkanes) is 1. The molecule has 0 bridgehead atoms. The minimum Gasteiger partial charge on any atom is -0.328 e. The van der Waals surface area contributed by atoms with Gasteiger partial charge in [0.2, 0.25) is 10.0 Å². The second-order valence-electron chi connectivity index (χ2n) is 8.89. The van der Waals surface area contributed by atoms with Crippen LogP contribution in [0.1, 0.15) is 50.3 Å². The fourth-order valence-electron chi connectivity index (χ4n) is 4.11. The fraction of sp³-hybridized carbons (Fsp3) is 0.333. The Labute approximate surface area is 232 Å². The largest absolute Gasteiger partial charge is 0.328 e. The van der Waals surface area contributed by atoms with Crippen LogP contribution in [0.5, 0.6) is 0 Å². The Morgan fingerprint density at radius 1 is 0.846 bits per heavy atom. The molecule has 0 aliphatic carbocycles. The number of likely N-dealkylation sites (N-methyl/N-ethyl adjacent to an activating group) is 1. The average Bonchev–Trinajstić information content (AvgIpc) is 2.94. The molecule has 0 aromatic heterocycles. The number of sulfonamides is 1. The first-order chi connectivity index (χ1) is 18.7. The van der Waals surface area contributed by atoms with Gasteiger partial charge in [-0.2, -0.15) is 0 Å². The van der Waals surface area contributed by atoms with Gasteiger partial charge in [-0.15, -0.1) is 10.1 Å². The first-order valence-corrected chi connectivity index (χ1v) is 14.8. The van der Waals surface area contributed by atoms with Gasteiger partial charge in [-0.3, -0.25) is 4.31 Å². The summed E-state index contributed by atoms with van der Waals surface area (Å²) in [6.07, 6.45) is 3.70. The predicted molar refractivity (Wildman–Crippen MR) is 159 cm³/mol. The van der Waals surface area contributed by atoms with E-state index in [2.05, 4.69) is 49.1 Å². The van der Waals surface area contributed by atoms with Crippen molar-refractivity contribution in [2.75, 3.05) is 36.2 Å². The summed E-state index contributed by atoms with van der Waals surface area (Å²) < 4.78 is 28.1. The van der Waals surface area contributed by atoms with E-state index in [0.29, 0.717) is 19.5 Å². The quantitative estimate of drug-likeness (QED) is 0.153. The van der Waals surface area contributed by atoms with Gasteiger partial charge >= 0.3 is 0 Å². The van der Waals surface area contributed by atoms with Crippen LogP contribution in [0.25, 0.3) is 11.6 Å². The summed E-state index contributed by atoms with van der Waals surface area (Å²) in [4.78, 5) is 10.6. The summed E-state index contributed by atoms with van der Waals surface area (Å²) in [7, 11) is -3.39. The summed E-state index contributed by atoms with van der Waals surface area (Å²) >= 11 is 0. The van der Waals surface area contributed by atoms with Crippen LogP contribution in [0.3, 0.4) is 0 Å². The van der Waals surface area contributed by atoms with Gasteiger partial charge in [0.1, 0.15) is 0 Å². The monoisotopic (exact) mass is 553 g/mol. The standard InChI is InChI=1S/C30H38N2O2S.HNO3/c1-4-7-24-35(33,34)32(23-22-31(5-2)6-3)29-20-18-28(19-21-29)30(27-16-12-9-13-17-27)25-26-14-10-8-11-15-26;2-1(3)4/h8-21,25H,4-7,22-24H2,1-3H3;(H,2,3,4). The van der Waals surface area contributed by atoms with Crippen LogP contribution < -0.4 is 4.31 Å². The zero-order valence-electron chi connectivity index (χ0n) is 22.9. The van der Waals surface area contributed by atoms with Crippen molar-refractivity contribution in [3.63, 3.8) is 0 Å². The van der Waals surface area contributed by atoms with Crippen LogP contribution in [0.2, 0.25) is 0 Å². The number of rotatable bonds is 13. The van der Waals surface area contributed by atoms with Gasteiger partial charge in [-0.1, -0.05) is 100.0 Å². The lowest BCUT2D eigenvalue weighted by Gasteiger charge is -2.28. The fourth-order valence-corrected chi connectivity index (χ4v) is 5.79. The molecule has 3 aromatic carbocycles. The Hall–Kier alpha value is -3.69. The summed E-state index contributed by atoms with van der Waals surface area (Å²) in [5, 5.41) is 13.6.